The Bertz CT molecular complexity index is 548. The van der Waals surface area contributed by atoms with Crippen molar-refractivity contribution in [2.45, 2.75) is 19.9 Å². The van der Waals surface area contributed by atoms with Crippen LogP contribution in [0.25, 0.3) is 0 Å². The number of aromatic nitrogens is 2. The van der Waals surface area contributed by atoms with Crippen molar-refractivity contribution in [3.05, 3.63) is 47.8 Å². The Morgan fingerprint density at radius 3 is 2.65 bits per heavy atom. The van der Waals surface area contributed by atoms with Crippen LogP contribution in [0, 0.1) is 6.92 Å². The Labute approximate surface area is 124 Å². The summed E-state index contributed by atoms with van der Waals surface area (Å²) in [6, 6.07) is 10.1. The molecule has 1 N–H and O–H groups in total. The third kappa shape index (κ3) is 3.39. The van der Waals surface area contributed by atoms with Crippen LogP contribution in [0.3, 0.4) is 0 Å². The lowest BCUT2D eigenvalue weighted by Gasteiger charge is -2.19. The number of nitrogens with zero attached hydrogens (tertiary/aromatic N) is 2. The molecule has 2 rings (SSSR count). The first kappa shape index (κ1) is 14.6. The molecule has 0 amide bonds. The molecule has 0 bridgehead atoms. The van der Waals surface area contributed by atoms with Crippen molar-refractivity contribution >= 4 is 17.4 Å². The summed E-state index contributed by atoms with van der Waals surface area (Å²) in [4.78, 5) is 8.40. The monoisotopic (exact) mass is 291 g/mol. The van der Waals surface area contributed by atoms with Gasteiger partial charge in [0.25, 0.3) is 0 Å². The van der Waals surface area contributed by atoms with E-state index in [9.17, 15) is 0 Å². The molecule has 0 aliphatic carbocycles. The van der Waals surface area contributed by atoms with Crippen LogP contribution in [0.4, 0.5) is 5.82 Å². The first-order valence-electron chi connectivity index (χ1n) is 6.58. The van der Waals surface area contributed by atoms with E-state index < -0.39 is 0 Å². The maximum atomic E-state index is 6.07. The van der Waals surface area contributed by atoms with E-state index >= 15 is 0 Å². The summed E-state index contributed by atoms with van der Waals surface area (Å²) < 4.78 is 5.47. The van der Waals surface area contributed by atoms with Crippen molar-refractivity contribution in [3.63, 3.8) is 0 Å². The third-order valence-electron chi connectivity index (χ3n) is 2.99. The zero-order valence-electron chi connectivity index (χ0n) is 11.6. The lowest BCUT2D eigenvalue weighted by molar-refractivity contribution is 0.324. The predicted molar refractivity (Wildman–Crippen MR) is 81.5 cm³/mol. The first-order valence-corrected chi connectivity index (χ1v) is 7.11. The van der Waals surface area contributed by atoms with Gasteiger partial charge < -0.3 is 10.1 Å². The largest absolute Gasteiger partial charge is 0.478 e. The fourth-order valence-corrected chi connectivity index (χ4v) is 2.18. The van der Waals surface area contributed by atoms with Crippen molar-refractivity contribution in [3.8, 4) is 5.88 Å². The molecule has 20 heavy (non-hydrogen) atoms. The summed E-state index contributed by atoms with van der Waals surface area (Å²) in [5.74, 6) is 1.81. The van der Waals surface area contributed by atoms with Crippen LogP contribution in [0.2, 0.25) is 0 Å². The summed E-state index contributed by atoms with van der Waals surface area (Å²) in [6.07, 6.45) is 1.50. The fraction of sp³-hybridized carbons (Fsp3) is 0.333. The van der Waals surface area contributed by atoms with Gasteiger partial charge in [0.1, 0.15) is 12.1 Å². The number of anilines is 1. The van der Waals surface area contributed by atoms with Gasteiger partial charge in [0.05, 0.1) is 18.2 Å². The van der Waals surface area contributed by atoms with Gasteiger partial charge in [-0.3, -0.25) is 0 Å². The van der Waals surface area contributed by atoms with Crippen LogP contribution in [-0.4, -0.2) is 22.5 Å². The fourth-order valence-electron chi connectivity index (χ4n) is 1.92. The van der Waals surface area contributed by atoms with Gasteiger partial charge in [0, 0.05) is 5.88 Å². The van der Waals surface area contributed by atoms with Crippen molar-refractivity contribution in [2.24, 2.45) is 0 Å². The molecule has 0 aliphatic heterocycles. The van der Waals surface area contributed by atoms with Crippen LogP contribution < -0.4 is 10.1 Å². The molecule has 1 heterocycles. The lowest BCUT2D eigenvalue weighted by atomic mass is 10.1. The summed E-state index contributed by atoms with van der Waals surface area (Å²) in [7, 11) is 0. The minimum absolute atomic E-state index is 0.000873. The van der Waals surface area contributed by atoms with E-state index in [1.165, 1.54) is 6.33 Å². The average molecular weight is 292 g/mol. The van der Waals surface area contributed by atoms with E-state index in [1.807, 2.05) is 44.2 Å². The molecule has 0 fully saturated rings. The summed E-state index contributed by atoms with van der Waals surface area (Å²) in [5.41, 5.74) is 2.01. The number of halogens is 1. The number of benzene rings is 1. The number of ether oxygens (including phenoxy) is 1. The number of rotatable bonds is 6. The number of alkyl halides is 1. The molecule has 0 spiro atoms. The second-order valence-corrected chi connectivity index (χ2v) is 4.66. The number of hydrogen-bond acceptors (Lipinski definition) is 4. The molecular weight excluding hydrogens is 274 g/mol. The summed E-state index contributed by atoms with van der Waals surface area (Å²) >= 11 is 6.07. The Morgan fingerprint density at radius 2 is 2.00 bits per heavy atom. The molecule has 0 saturated heterocycles. The van der Waals surface area contributed by atoms with Gasteiger partial charge >= 0.3 is 0 Å². The second-order valence-electron chi connectivity index (χ2n) is 4.35. The molecule has 1 aromatic heterocycles. The van der Waals surface area contributed by atoms with E-state index in [4.69, 9.17) is 16.3 Å². The van der Waals surface area contributed by atoms with Crippen molar-refractivity contribution in [1.29, 1.82) is 0 Å². The Balaban J connectivity index is 2.22. The number of hydrogen-bond donors (Lipinski definition) is 1. The van der Waals surface area contributed by atoms with E-state index in [1.54, 1.807) is 0 Å². The zero-order chi connectivity index (χ0) is 14.4. The highest BCUT2D eigenvalue weighted by atomic mass is 35.5. The van der Waals surface area contributed by atoms with Gasteiger partial charge in [-0.25, -0.2) is 9.97 Å². The first-order chi connectivity index (χ1) is 9.76. The van der Waals surface area contributed by atoms with Gasteiger partial charge in [0.2, 0.25) is 5.88 Å². The van der Waals surface area contributed by atoms with Crippen molar-refractivity contribution in [2.75, 3.05) is 17.8 Å². The second kappa shape index (κ2) is 7.10. The number of nitrogens with one attached hydrogen (secondary N) is 1. The lowest BCUT2D eigenvalue weighted by Crippen LogP contribution is -2.14. The molecule has 2 aromatic rings. The van der Waals surface area contributed by atoms with E-state index in [2.05, 4.69) is 15.3 Å². The highest BCUT2D eigenvalue weighted by Crippen LogP contribution is 2.25. The predicted octanol–water partition coefficient (Wildman–Crippen LogP) is 3.58. The summed E-state index contributed by atoms with van der Waals surface area (Å²) in [5, 5.41) is 3.35. The molecular formula is C15H18ClN3O. The van der Waals surface area contributed by atoms with E-state index in [0.29, 0.717) is 18.4 Å². The van der Waals surface area contributed by atoms with Gasteiger partial charge in [-0.2, -0.15) is 0 Å². The Kier molecular flexibility index (Phi) is 5.18. The van der Waals surface area contributed by atoms with Crippen LogP contribution in [0.15, 0.2) is 36.7 Å². The molecule has 5 heteroatoms. The third-order valence-corrected chi connectivity index (χ3v) is 3.29. The maximum absolute atomic E-state index is 6.07. The molecule has 4 nitrogen and oxygen atoms in total. The van der Waals surface area contributed by atoms with Crippen molar-refractivity contribution < 1.29 is 4.74 Å². The maximum Gasteiger partial charge on any atom is 0.221 e. The zero-order valence-corrected chi connectivity index (χ0v) is 12.4. The van der Waals surface area contributed by atoms with Gasteiger partial charge in [-0.1, -0.05) is 30.3 Å². The molecule has 1 unspecified atom stereocenters. The highest BCUT2D eigenvalue weighted by Gasteiger charge is 2.14. The molecule has 1 atom stereocenters. The SMILES string of the molecule is CCOc1ncnc(NC(CCl)c2ccccc2)c1C. The van der Waals surface area contributed by atoms with E-state index in [-0.39, 0.29) is 6.04 Å². The Hall–Kier alpha value is -1.81. The van der Waals surface area contributed by atoms with Crippen LogP contribution in [0.1, 0.15) is 24.1 Å². The van der Waals surface area contributed by atoms with Crippen LogP contribution in [-0.2, 0) is 0 Å². The van der Waals surface area contributed by atoms with E-state index in [0.717, 1.165) is 16.9 Å². The van der Waals surface area contributed by atoms with Crippen LogP contribution in [0.5, 0.6) is 5.88 Å². The smallest absolute Gasteiger partial charge is 0.221 e. The van der Waals surface area contributed by atoms with Gasteiger partial charge in [-0.05, 0) is 19.4 Å². The molecule has 0 radical (unpaired) electrons. The van der Waals surface area contributed by atoms with Crippen molar-refractivity contribution in [1.82, 2.24) is 9.97 Å². The topological polar surface area (TPSA) is 47.0 Å². The van der Waals surface area contributed by atoms with Gasteiger partial charge in [-0.15, -0.1) is 11.6 Å². The molecule has 1 aromatic carbocycles. The molecule has 0 saturated carbocycles. The minimum atomic E-state index is 0.000873. The minimum Gasteiger partial charge on any atom is -0.478 e. The average Bonchev–Trinajstić information content (AvgIpc) is 2.49. The van der Waals surface area contributed by atoms with Crippen LogP contribution >= 0.6 is 11.6 Å². The highest BCUT2D eigenvalue weighted by molar-refractivity contribution is 6.18. The molecule has 106 valence electrons. The Morgan fingerprint density at radius 1 is 1.25 bits per heavy atom. The summed E-state index contributed by atoms with van der Waals surface area (Å²) in [6.45, 7) is 4.44. The normalized spacial score (nSPS) is 11.9. The molecule has 0 aliphatic rings. The quantitative estimate of drug-likeness (QED) is 0.827. The standard InChI is InChI=1S/C15H18ClN3O/c1-3-20-15-11(2)14(17-10-18-15)19-13(9-16)12-7-5-4-6-8-12/h4-8,10,13H,3,9H2,1-2H3,(H,17,18,19). The van der Waals surface area contributed by atoms with Gasteiger partial charge in [0.15, 0.2) is 0 Å².